The number of aromatic nitrogens is 1. The third kappa shape index (κ3) is 3.86. The highest BCUT2D eigenvalue weighted by atomic mass is 32.2. The lowest BCUT2D eigenvalue weighted by Crippen LogP contribution is -2.31. The third-order valence-corrected chi connectivity index (χ3v) is 6.60. The molecule has 1 unspecified atom stereocenters. The smallest absolute Gasteiger partial charge is 0.242 e. The fourth-order valence-electron chi connectivity index (χ4n) is 3.65. The van der Waals surface area contributed by atoms with Gasteiger partial charge in [-0.1, -0.05) is 12.1 Å². The van der Waals surface area contributed by atoms with Gasteiger partial charge in [-0.2, -0.15) is 0 Å². The lowest BCUT2D eigenvalue weighted by atomic mass is 10.1. The Kier molecular flexibility index (Phi) is 5.03. The fourth-order valence-corrected chi connectivity index (χ4v) is 4.94. The van der Waals surface area contributed by atoms with Gasteiger partial charge in [-0.15, -0.1) is 0 Å². The molecule has 146 valence electrons. The molecular weight excluding hydrogens is 377 g/mol. The van der Waals surface area contributed by atoms with Crippen LogP contribution in [-0.4, -0.2) is 33.0 Å². The van der Waals surface area contributed by atoms with Crippen molar-refractivity contribution >= 4 is 26.6 Å². The van der Waals surface area contributed by atoms with E-state index in [1.807, 2.05) is 19.1 Å². The van der Waals surface area contributed by atoms with E-state index in [1.54, 1.807) is 30.5 Å². The maximum absolute atomic E-state index is 13.1. The van der Waals surface area contributed by atoms with Gasteiger partial charge in [0.25, 0.3) is 0 Å². The lowest BCUT2D eigenvalue weighted by Gasteiger charge is -2.19. The number of aryl methyl sites for hydroxylation is 1. The molecule has 2 aromatic carbocycles. The number of para-hydroxylation sites is 1. The molecule has 1 atom stereocenters. The molecule has 5 nitrogen and oxygen atoms in total. The predicted molar refractivity (Wildman–Crippen MR) is 108 cm³/mol. The van der Waals surface area contributed by atoms with Crippen LogP contribution in [0.2, 0.25) is 0 Å². The maximum atomic E-state index is 13.1. The number of anilines is 1. The second-order valence-corrected chi connectivity index (χ2v) is 9.00. The first-order chi connectivity index (χ1) is 13.4. The molecular formula is C21H22FN3O2S. The molecule has 1 aliphatic rings. The number of rotatable bonds is 5. The van der Waals surface area contributed by atoms with Crippen molar-refractivity contribution in [2.24, 2.45) is 5.92 Å². The SMILES string of the molecule is Cc1cnc2c(S(=O)(=O)NCC3CCN(c4ccc(F)cc4)C3)cccc2c1. The van der Waals surface area contributed by atoms with Crippen molar-refractivity contribution < 1.29 is 12.8 Å². The van der Waals surface area contributed by atoms with Gasteiger partial charge < -0.3 is 4.90 Å². The number of halogens is 1. The van der Waals surface area contributed by atoms with E-state index in [0.717, 1.165) is 36.1 Å². The minimum Gasteiger partial charge on any atom is -0.371 e. The second-order valence-electron chi connectivity index (χ2n) is 7.27. The van der Waals surface area contributed by atoms with Crippen LogP contribution in [0.4, 0.5) is 10.1 Å². The van der Waals surface area contributed by atoms with Crippen LogP contribution < -0.4 is 9.62 Å². The Morgan fingerprint density at radius 3 is 2.79 bits per heavy atom. The first kappa shape index (κ1) is 18.8. The number of nitrogens with one attached hydrogen (secondary N) is 1. The molecule has 0 amide bonds. The number of sulfonamides is 1. The number of pyridine rings is 1. The zero-order valence-corrected chi connectivity index (χ0v) is 16.4. The van der Waals surface area contributed by atoms with E-state index in [0.29, 0.717) is 12.1 Å². The highest BCUT2D eigenvalue weighted by Crippen LogP contribution is 2.25. The largest absolute Gasteiger partial charge is 0.371 e. The molecule has 0 bridgehead atoms. The summed E-state index contributed by atoms with van der Waals surface area (Å²) in [6, 6.07) is 13.5. The molecule has 0 spiro atoms. The van der Waals surface area contributed by atoms with Crippen molar-refractivity contribution in [2.45, 2.75) is 18.2 Å². The molecule has 0 saturated carbocycles. The first-order valence-electron chi connectivity index (χ1n) is 9.28. The Bertz CT molecular complexity index is 1100. The molecule has 1 aliphatic heterocycles. The standard InChI is InChI=1S/C21H22FN3O2S/c1-15-11-17-3-2-4-20(21(17)23-12-15)28(26,27)24-13-16-9-10-25(14-16)19-7-5-18(22)6-8-19/h2-8,11-12,16,24H,9-10,13-14H2,1H3. The Morgan fingerprint density at radius 1 is 1.21 bits per heavy atom. The Hall–Kier alpha value is -2.51. The molecule has 1 saturated heterocycles. The summed E-state index contributed by atoms with van der Waals surface area (Å²) in [5, 5.41) is 0.811. The Labute approximate surface area is 164 Å². The predicted octanol–water partition coefficient (Wildman–Crippen LogP) is 3.49. The number of nitrogens with zero attached hydrogens (tertiary/aromatic N) is 2. The monoisotopic (exact) mass is 399 g/mol. The van der Waals surface area contributed by atoms with Gasteiger partial charge in [0.15, 0.2) is 0 Å². The second kappa shape index (κ2) is 7.48. The first-order valence-corrected chi connectivity index (χ1v) is 10.8. The highest BCUT2D eigenvalue weighted by Gasteiger charge is 2.25. The van der Waals surface area contributed by atoms with Gasteiger partial charge in [0, 0.05) is 36.9 Å². The summed E-state index contributed by atoms with van der Waals surface area (Å²) in [5.41, 5.74) is 2.43. The van der Waals surface area contributed by atoms with Gasteiger partial charge in [-0.05, 0) is 61.2 Å². The zero-order valence-electron chi connectivity index (χ0n) is 15.6. The number of fused-ring (bicyclic) bond motifs is 1. The van der Waals surface area contributed by atoms with Crippen LogP contribution in [0, 0.1) is 18.7 Å². The summed E-state index contributed by atoms with van der Waals surface area (Å²) >= 11 is 0. The van der Waals surface area contributed by atoms with Crippen molar-refractivity contribution in [1.29, 1.82) is 0 Å². The average Bonchev–Trinajstić information content (AvgIpc) is 3.15. The summed E-state index contributed by atoms with van der Waals surface area (Å²) in [7, 11) is -3.66. The van der Waals surface area contributed by atoms with E-state index in [-0.39, 0.29) is 16.6 Å². The van der Waals surface area contributed by atoms with Crippen molar-refractivity contribution in [1.82, 2.24) is 9.71 Å². The molecule has 0 radical (unpaired) electrons. The summed E-state index contributed by atoms with van der Waals surface area (Å²) in [4.78, 5) is 6.69. The molecule has 3 aromatic rings. The quantitative estimate of drug-likeness (QED) is 0.713. The Morgan fingerprint density at radius 2 is 2.00 bits per heavy atom. The third-order valence-electron chi connectivity index (χ3n) is 5.14. The van der Waals surface area contributed by atoms with E-state index in [1.165, 1.54) is 12.1 Å². The molecule has 1 fully saturated rings. The highest BCUT2D eigenvalue weighted by molar-refractivity contribution is 7.89. The van der Waals surface area contributed by atoms with Gasteiger partial charge in [-0.3, -0.25) is 4.98 Å². The van der Waals surface area contributed by atoms with Crippen LogP contribution in [0.5, 0.6) is 0 Å². The number of benzene rings is 2. The zero-order chi connectivity index (χ0) is 19.7. The number of hydrogen-bond donors (Lipinski definition) is 1. The van der Waals surface area contributed by atoms with E-state index in [9.17, 15) is 12.8 Å². The molecule has 28 heavy (non-hydrogen) atoms. The topological polar surface area (TPSA) is 62.3 Å². The van der Waals surface area contributed by atoms with Crippen molar-refractivity contribution in [2.75, 3.05) is 24.5 Å². The minimum absolute atomic E-state index is 0.199. The van der Waals surface area contributed by atoms with E-state index in [2.05, 4.69) is 14.6 Å². The molecule has 7 heteroatoms. The van der Waals surface area contributed by atoms with Crippen LogP contribution in [0.15, 0.2) is 59.6 Å². The van der Waals surface area contributed by atoms with Gasteiger partial charge in [0.1, 0.15) is 10.7 Å². The fraction of sp³-hybridized carbons (Fsp3) is 0.286. The van der Waals surface area contributed by atoms with Crippen molar-refractivity contribution in [3.8, 4) is 0 Å². The van der Waals surface area contributed by atoms with Crippen molar-refractivity contribution in [3.05, 3.63) is 66.1 Å². The molecule has 1 N–H and O–H groups in total. The number of hydrogen-bond acceptors (Lipinski definition) is 4. The van der Waals surface area contributed by atoms with Crippen LogP contribution in [0.3, 0.4) is 0 Å². The Balaban J connectivity index is 1.46. The molecule has 4 rings (SSSR count). The van der Waals surface area contributed by atoms with E-state index < -0.39 is 10.0 Å². The minimum atomic E-state index is -3.66. The molecule has 2 heterocycles. The lowest BCUT2D eigenvalue weighted by molar-refractivity contribution is 0.542. The van der Waals surface area contributed by atoms with Gasteiger partial charge >= 0.3 is 0 Å². The molecule has 1 aromatic heterocycles. The summed E-state index contributed by atoms with van der Waals surface area (Å²) in [6.45, 7) is 3.86. The van der Waals surface area contributed by atoms with Gasteiger partial charge in [0.05, 0.1) is 5.52 Å². The van der Waals surface area contributed by atoms with Crippen LogP contribution in [-0.2, 0) is 10.0 Å². The van der Waals surface area contributed by atoms with Gasteiger partial charge in [-0.25, -0.2) is 17.5 Å². The summed E-state index contributed by atoms with van der Waals surface area (Å²) < 4.78 is 41.6. The molecule has 0 aliphatic carbocycles. The van der Waals surface area contributed by atoms with Crippen LogP contribution in [0.1, 0.15) is 12.0 Å². The summed E-state index contributed by atoms with van der Waals surface area (Å²) in [6.07, 6.45) is 2.56. The maximum Gasteiger partial charge on any atom is 0.242 e. The summed E-state index contributed by atoms with van der Waals surface area (Å²) in [5.74, 6) is -0.0591. The average molecular weight is 399 g/mol. The van der Waals surface area contributed by atoms with Crippen LogP contribution >= 0.6 is 0 Å². The van der Waals surface area contributed by atoms with E-state index in [4.69, 9.17) is 0 Å². The van der Waals surface area contributed by atoms with Crippen molar-refractivity contribution in [3.63, 3.8) is 0 Å². The normalized spacial score (nSPS) is 17.4. The van der Waals surface area contributed by atoms with Gasteiger partial charge in [0.2, 0.25) is 10.0 Å². The van der Waals surface area contributed by atoms with E-state index >= 15 is 0 Å². The van der Waals surface area contributed by atoms with Crippen LogP contribution in [0.25, 0.3) is 10.9 Å².